The van der Waals surface area contributed by atoms with Gasteiger partial charge in [0.2, 0.25) is 5.91 Å². The van der Waals surface area contributed by atoms with Gasteiger partial charge in [-0.05, 0) is 36.1 Å². The average Bonchev–Trinajstić information content (AvgIpc) is 2.38. The molecule has 1 amide bonds. The van der Waals surface area contributed by atoms with E-state index in [1.54, 1.807) is 6.07 Å². The Bertz CT molecular complexity index is 475. The van der Waals surface area contributed by atoms with Crippen LogP contribution in [0.15, 0.2) is 18.2 Å². The van der Waals surface area contributed by atoms with Crippen molar-refractivity contribution in [2.24, 2.45) is 5.92 Å². The summed E-state index contributed by atoms with van der Waals surface area (Å²) < 4.78 is 0. The van der Waals surface area contributed by atoms with Crippen LogP contribution in [0.1, 0.15) is 30.5 Å². The second-order valence-corrected chi connectivity index (χ2v) is 5.05. The first kappa shape index (κ1) is 15.2. The molecule has 0 radical (unpaired) electrons. The smallest absolute Gasteiger partial charge is 0.233 e. The summed E-state index contributed by atoms with van der Waals surface area (Å²) in [4.78, 5) is 11.5. The van der Waals surface area contributed by atoms with E-state index in [2.05, 4.69) is 30.6 Å². The molecule has 0 heterocycles. The summed E-state index contributed by atoms with van der Waals surface area (Å²) >= 11 is 0. The highest BCUT2D eigenvalue weighted by molar-refractivity contribution is 5.77. The lowest BCUT2D eigenvalue weighted by Crippen LogP contribution is -2.35. The molecule has 0 saturated heterocycles. The third-order valence-corrected chi connectivity index (χ3v) is 2.78. The molecule has 1 aromatic carbocycles. The van der Waals surface area contributed by atoms with Gasteiger partial charge in [-0.15, -0.1) is 0 Å². The maximum absolute atomic E-state index is 11.5. The van der Waals surface area contributed by atoms with E-state index in [4.69, 9.17) is 5.26 Å². The Morgan fingerprint density at radius 2 is 2.16 bits per heavy atom. The molecule has 0 bridgehead atoms. The van der Waals surface area contributed by atoms with Gasteiger partial charge in [0.25, 0.3) is 0 Å². The van der Waals surface area contributed by atoms with Gasteiger partial charge in [-0.3, -0.25) is 4.79 Å². The molecule has 4 nitrogen and oxygen atoms in total. The third kappa shape index (κ3) is 5.54. The number of carbonyl (C=O) groups excluding carboxylic acids is 1. The zero-order valence-corrected chi connectivity index (χ0v) is 11.8. The first-order valence-electron chi connectivity index (χ1n) is 6.50. The zero-order valence-electron chi connectivity index (χ0n) is 11.8. The van der Waals surface area contributed by atoms with Crippen LogP contribution in [0.2, 0.25) is 0 Å². The predicted molar refractivity (Wildman–Crippen MR) is 75.4 cm³/mol. The number of nitrogens with one attached hydrogen (secondary N) is 2. The summed E-state index contributed by atoms with van der Waals surface area (Å²) in [6, 6.07) is 7.69. The Labute approximate surface area is 114 Å². The first-order chi connectivity index (χ1) is 9.02. The van der Waals surface area contributed by atoms with Crippen molar-refractivity contribution in [1.82, 2.24) is 10.6 Å². The number of benzene rings is 1. The molecule has 0 fully saturated rings. The van der Waals surface area contributed by atoms with Crippen molar-refractivity contribution in [1.29, 1.82) is 5.26 Å². The Kier molecular flexibility index (Phi) is 6.04. The molecule has 0 aliphatic rings. The number of nitrogens with zero attached hydrogens (tertiary/aromatic N) is 1. The number of hydrogen-bond acceptors (Lipinski definition) is 3. The number of carbonyl (C=O) groups is 1. The molecule has 0 atom stereocenters. The Morgan fingerprint density at radius 3 is 2.74 bits per heavy atom. The molecule has 4 heteroatoms. The van der Waals surface area contributed by atoms with Crippen LogP contribution in [0.25, 0.3) is 0 Å². The van der Waals surface area contributed by atoms with Crippen molar-refractivity contribution in [3.63, 3.8) is 0 Å². The molecule has 102 valence electrons. The third-order valence-electron chi connectivity index (χ3n) is 2.78. The number of nitriles is 1. The van der Waals surface area contributed by atoms with Gasteiger partial charge < -0.3 is 10.6 Å². The quantitative estimate of drug-likeness (QED) is 0.817. The Morgan fingerprint density at radius 1 is 1.42 bits per heavy atom. The minimum Gasteiger partial charge on any atom is -0.355 e. The molecule has 19 heavy (non-hydrogen) atoms. The van der Waals surface area contributed by atoms with Crippen molar-refractivity contribution in [3.05, 3.63) is 34.9 Å². The van der Waals surface area contributed by atoms with Crippen molar-refractivity contribution in [2.75, 3.05) is 13.1 Å². The lowest BCUT2D eigenvalue weighted by Gasteiger charge is -2.10. The normalized spacial score (nSPS) is 10.3. The first-order valence-corrected chi connectivity index (χ1v) is 6.50. The van der Waals surface area contributed by atoms with Gasteiger partial charge in [0.1, 0.15) is 0 Å². The molecule has 0 saturated carbocycles. The van der Waals surface area contributed by atoms with Crippen LogP contribution >= 0.6 is 0 Å². The van der Waals surface area contributed by atoms with Crippen LogP contribution in [0, 0.1) is 24.2 Å². The summed E-state index contributed by atoms with van der Waals surface area (Å²) in [5.41, 5.74) is 2.83. The Balaban J connectivity index is 2.37. The van der Waals surface area contributed by atoms with E-state index in [1.807, 2.05) is 19.1 Å². The maximum Gasteiger partial charge on any atom is 0.233 e. The maximum atomic E-state index is 11.5. The minimum absolute atomic E-state index is 0.0139. The molecule has 0 aliphatic heterocycles. The van der Waals surface area contributed by atoms with Crippen LogP contribution < -0.4 is 10.6 Å². The van der Waals surface area contributed by atoms with Gasteiger partial charge in [-0.2, -0.15) is 5.26 Å². The van der Waals surface area contributed by atoms with Crippen molar-refractivity contribution >= 4 is 5.91 Å². The molecular weight excluding hydrogens is 238 g/mol. The van der Waals surface area contributed by atoms with Crippen molar-refractivity contribution in [2.45, 2.75) is 27.3 Å². The fourth-order valence-corrected chi connectivity index (χ4v) is 1.65. The lowest BCUT2D eigenvalue weighted by atomic mass is 10.1. The summed E-state index contributed by atoms with van der Waals surface area (Å²) in [5.74, 6) is 0.477. The second-order valence-electron chi connectivity index (χ2n) is 5.05. The monoisotopic (exact) mass is 259 g/mol. The summed E-state index contributed by atoms with van der Waals surface area (Å²) in [5, 5.41) is 14.8. The van der Waals surface area contributed by atoms with Gasteiger partial charge in [-0.25, -0.2) is 0 Å². The Hall–Kier alpha value is -1.86. The zero-order chi connectivity index (χ0) is 14.3. The van der Waals surface area contributed by atoms with Gasteiger partial charge in [-0.1, -0.05) is 19.9 Å². The number of amides is 1. The minimum atomic E-state index is 0.0139. The summed E-state index contributed by atoms with van der Waals surface area (Å²) in [6.07, 6.45) is 0. The van der Waals surface area contributed by atoms with Crippen LogP contribution in [0.5, 0.6) is 0 Å². The highest BCUT2D eigenvalue weighted by Gasteiger charge is 2.03. The molecule has 1 aromatic rings. The average molecular weight is 259 g/mol. The topological polar surface area (TPSA) is 64.9 Å². The van der Waals surface area contributed by atoms with Crippen LogP contribution in [0.4, 0.5) is 0 Å². The predicted octanol–water partition coefficient (Wildman–Crippen LogP) is 1.73. The van der Waals surface area contributed by atoms with Crippen LogP contribution in [-0.2, 0) is 11.3 Å². The van der Waals surface area contributed by atoms with E-state index >= 15 is 0 Å². The molecule has 0 aromatic heterocycles. The number of rotatable bonds is 6. The highest BCUT2D eigenvalue weighted by atomic mass is 16.1. The molecule has 0 aliphatic carbocycles. The fraction of sp³-hybridized carbons (Fsp3) is 0.467. The summed E-state index contributed by atoms with van der Waals surface area (Å²) in [7, 11) is 0. The van der Waals surface area contributed by atoms with Crippen LogP contribution in [-0.4, -0.2) is 19.0 Å². The van der Waals surface area contributed by atoms with E-state index in [9.17, 15) is 4.79 Å². The SMILES string of the molecule is Cc1cc(C#N)ccc1CNCC(=O)NCC(C)C. The molecule has 2 N–H and O–H groups in total. The molecule has 0 unspecified atom stereocenters. The summed E-state index contributed by atoms with van der Waals surface area (Å²) in [6.45, 7) is 7.74. The van der Waals surface area contributed by atoms with Gasteiger partial charge in [0.05, 0.1) is 18.2 Å². The van der Waals surface area contributed by atoms with E-state index in [1.165, 1.54) is 0 Å². The van der Waals surface area contributed by atoms with E-state index < -0.39 is 0 Å². The van der Waals surface area contributed by atoms with Gasteiger partial charge in [0.15, 0.2) is 0 Å². The fourth-order valence-electron chi connectivity index (χ4n) is 1.65. The van der Waals surface area contributed by atoms with Crippen molar-refractivity contribution in [3.8, 4) is 6.07 Å². The highest BCUT2D eigenvalue weighted by Crippen LogP contribution is 2.10. The van der Waals surface area contributed by atoms with E-state index in [-0.39, 0.29) is 5.91 Å². The van der Waals surface area contributed by atoms with Crippen molar-refractivity contribution < 1.29 is 4.79 Å². The number of aryl methyl sites for hydroxylation is 1. The molecule has 0 spiro atoms. The van der Waals surface area contributed by atoms with E-state index in [0.717, 1.165) is 11.1 Å². The largest absolute Gasteiger partial charge is 0.355 e. The number of hydrogen-bond donors (Lipinski definition) is 2. The van der Waals surface area contributed by atoms with Crippen LogP contribution in [0.3, 0.4) is 0 Å². The van der Waals surface area contributed by atoms with Gasteiger partial charge in [0, 0.05) is 13.1 Å². The standard InChI is InChI=1S/C15H21N3O/c1-11(2)8-18-15(19)10-17-9-14-5-4-13(7-16)6-12(14)3/h4-6,11,17H,8-10H2,1-3H3,(H,18,19). The molecule has 1 rings (SSSR count). The van der Waals surface area contributed by atoms with E-state index in [0.29, 0.717) is 31.1 Å². The molecular formula is C15H21N3O. The second kappa shape index (κ2) is 7.55. The lowest BCUT2D eigenvalue weighted by molar-refractivity contribution is -0.120. The van der Waals surface area contributed by atoms with Gasteiger partial charge >= 0.3 is 0 Å².